The SMILES string of the molecule is CC(=O)Nc1cccc(S(=O)(Cl)=NCC(C)C)c1. The van der Waals surface area contributed by atoms with Crippen LogP contribution in [0.3, 0.4) is 0 Å². The summed E-state index contributed by atoms with van der Waals surface area (Å²) >= 11 is 0. The van der Waals surface area contributed by atoms with Gasteiger partial charge in [-0.1, -0.05) is 19.9 Å². The zero-order chi connectivity index (χ0) is 13.8. The minimum atomic E-state index is -2.92. The summed E-state index contributed by atoms with van der Waals surface area (Å²) in [5.41, 5.74) is 0.563. The van der Waals surface area contributed by atoms with Crippen LogP contribution >= 0.6 is 10.7 Å². The molecule has 100 valence electrons. The Balaban J connectivity index is 3.05. The zero-order valence-corrected chi connectivity index (χ0v) is 12.2. The molecule has 0 aliphatic rings. The van der Waals surface area contributed by atoms with Crippen LogP contribution in [0.2, 0.25) is 0 Å². The Labute approximate surface area is 112 Å². The minimum Gasteiger partial charge on any atom is -0.326 e. The standard InChI is InChI=1S/C12H17ClN2O2S/c1-9(2)8-14-18(13,17)12-6-4-5-11(7-12)15-10(3)16/h4-7,9H,8H2,1-3H3,(H,15,16). The van der Waals surface area contributed by atoms with Gasteiger partial charge in [0.05, 0.1) is 11.4 Å². The number of anilines is 1. The average Bonchev–Trinajstić information content (AvgIpc) is 2.26. The van der Waals surface area contributed by atoms with Crippen LogP contribution < -0.4 is 5.32 Å². The van der Waals surface area contributed by atoms with Crippen molar-refractivity contribution in [1.82, 2.24) is 0 Å². The second-order valence-electron chi connectivity index (χ2n) is 4.37. The molecule has 0 bridgehead atoms. The van der Waals surface area contributed by atoms with Gasteiger partial charge in [-0.25, -0.2) is 8.57 Å². The van der Waals surface area contributed by atoms with E-state index in [9.17, 15) is 9.00 Å². The molecule has 0 saturated heterocycles. The molecular formula is C12H17ClN2O2S. The molecule has 1 rings (SSSR count). The molecule has 0 radical (unpaired) electrons. The van der Waals surface area contributed by atoms with Crippen molar-refractivity contribution in [3.8, 4) is 0 Å². The first kappa shape index (κ1) is 15.0. The number of benzene rings is 1. The van der Waals surface area contributed by atoms with Crippen molar-refractivity contribution in [2.24, 2.45) is 10.3 Å². The highest BCUT2D eigenvalue weighted by Crippen LogP contribution is 2.22. The molecule has 1 unspecified atom stereocenters. The Bertz CT molecular complexity index is 549. The molecule has 1 amide bonds. The number of halogens is 1. The molecule has 1 N–H and O–H groups in total. The summed E-state index contributed by atoms with van der Waals surface area (Å²) in [5.74, 6) is 0.107. The van der Waals surface area contributed by atoms with E-state index in [1.54, 1.807) is 24.3 Å². The highest BCUT2D eigenvalue weighted by atomic mass is 35.7. The number of amides is 1. The summed E-state index contributed by atoms with van der Waals surface area (Å²) in [5, 5.41) is 2.62. The van der Waals surface area contributed by atoms with Crippen LogP contribution in [-0.2, 0) is 13.7 Å². The third-order valence-electron chi connectivity index (χ3n) is 2.05. The second kappa shape index (κ2) is 6.20. The lowest BCUT2D eigenvalue weighted by atomic mass is 10.2. The zero-order valence-electron chi connectivity index (χ0n) is 10.6. The lowest BCUT2D eigenvalue weighted by Crippen LogP contribution is -2.06. The smallest absolute Gasteiger partial charge is 0.221 e. The molecule has 18 heavy (non-hydrogen) atoms. The van der Waals surface area contributed by atoms with Crippen LogP contribution in [0.4, 0.5) is 5.69 Å². The molecule has 0 aliphatic heterocycles. The van der Waals surface area contributed by atoms with Crippen LogP contribution in [0.1, 0.15) is 20.8 Å². The molecule has 0 saturated carbocycles. The van der Waals surface area contributed by atoms with Crippen molar-refractivity contribution in [2.75, 3.05) is 11.9 Å². The summed E-state index contributed by atoms with van der Waals surface area (Å²) in [7, 11) is 3.04. The van der Waals surface area contributed by atoms with Crippen molar-refractivity contribution < 1.29 is 9.00 Å². The Morgan fingerprint density at radius 2 is 2.17 bits per heavy atom. The normalized spacial score (nSPS) is 14.1. The molecular weight excluding hydrogens is 272 g/mol. The van der Waals surface area contributed by atoms with Gasteiger partial charge in [0, 0.05) is 23.3 Å². The third kappa shape index (κ3) is 4.66. The minimum absolute atomic E-state index is 0.188. The van der Waals surface area contributed by atoms with Crippen LogP contribution in [0.5, 0.6) is 0 Å². The molecule has 6 heteroatoms. The number of hydrogen-bond donors (Lipinski definition) is 1. The number of nitrogens with zero attached hydrogens (tertiary/aromatic N) is 1. The average molecular weight is 289 g/mol. The van der Waals surface area contributed by atoms with Crippen molar-refractivity contribution in [3.63, 3.8) is 0 Å². The van der Waals surface area contributed by atoms with Gasteiger partial charge in [-0.15, -0.1) is 0 Å². The summed E-state index contributed by atoms with van der Waals surface area (Å²) in [6, 6.07) is 6.62. The first-order chi connectivity index (χ1) is 8.31. The largest absolute Gasteiger partial charge is 0.326 e. The predicted octanol–water partition coefficient (Wildman–Crippen LogP) is 3.28. The Morgan fingerprint density at radius 1 is 1.50 bits per heavy atom. The van der Waals surface area contributed by atoms with Gasteiger partial charge in [-0.2, -0.15) is 0 Å². The molecule has 1 atom stereocenters. The maximum absolute atomic E-state index is 12.2. The molecule has 0 heterocycles. The van der Waals surface area contributed by atoms with E-state index >= 15 is 0 Å². The van der Waals surface area contributed by atoms with Crippen molar-refractivity contribution in [3.05, 3.63) is 24.3 Å². The Kier molecular flexibility index (Phi) is 5.16. The lowest BCUT2D eigenvalue weighted by Gasteiger charge is -2.07. The molecule has 0 fully saturated rings. The number of hydrogen-bond acceptors (Lipinski definition) is 3. The summed E-state index contributed by atoms with van der Waals surface area (Å²) in [6.45, 7) is 5.80. The van der Waals surface area contributed by atoms with Gasteiger partial charge in [0.1, 0.15) is 0 Å². The molecule has 0 spiro atoms. The molecule has 4 nitrogen and oxygen atoms in total. The van der Waals surface area contributed by atoms with Gasteiger partial charge in [0.2, 0.25) is 5.91 Å². The fourth-order valence-electron chi connectivity index (χ4n) is 1.25. The Morgan fingerprint density at radius 3 is 2.72 bits per heavy atom. The number of rotatable bonds is 4. The van der Waals surface area contributed by atoms with E-state index in [1.165, 1.54) is 6.92 Å². The highest BCUT2D eigenvalue weighted by Gasteiger charge is 2.10. The lowest BCUT2D eigenvalue weighted by molar-refractivity contribution is -0.114. The fraction of sp³-hybridized carbons (Fsp3) is 0.417. The maximum atomic E-state index is 12.2. The van der Waals surface area contributed by atoms with Gasteiger partial charge in [0.15, 0.2) is 8.94 Å². The van der Waals surface area contributed by atoms with Crippen LogP contribution in [0.25, 0.3) is 0 Å². The molecule has 1 aromatic rings. The predicted molar refractivity (Wildman–Crippen MR) is 75.1 cm³/mol. The topological polar surface area (TPSA) is 58.5 Å². The van der Waals surface area contributed by atoms with E-state index < -0.39 is 8.94 Å². The Hall–Kier alpha value is -1.07. The highest BCUT2D eigenvalue weighted by molar-refractivity contribution is 8.15. The summed E-state index contributed by atoms with van der Waals surface area (Å²) in [6.07, 6.45) is 0. The van der Waals surface area contributed by atoms with E-state index in [1.807, 2.05) is 13.8 Å². The molecule has 0 aliphatic carbocycles. The maximum Gasteiger partial charge on any atom is 0.221 e. The summed E-state index contributed by atoms with van der Waals surface area (Å²) in [4.78, 5) is 11.4. The molecule has 0 aromatic heterocycles. The number of carbonyl (C=O) groups is 1. The van der Waals surface area contributed by atoms with Crippen LogP contribution in [0, 0.1) is 5.92 Å². The van der Waals surface area contributed by atoms with E-state index in [0.29, 0.717) is 23.0 Å². The van der Waals surface area contributed by atoms with Gasteiger partial charge in [-0.05, 0) is 24.1 Å². The molecule has 1 aromatic carbocycles. The van der Waals surface area contributed by atoms with Crippen molar-refractivity contribution >= 4 is 31.2 Å². The first-order valence-electron chi connectivity index (χ1n) is 5.61. The van der Waals surface area contributed by atoms with Crippen molar-refractivity contribution in [2.45, 2.75) is 25.7 Å². The van der Waals surface area contributed by atoms with Crippen LogP contribution in [0.15, 0.2) is 33.5 Å². The first-order valence-corrected chi connectivity index (χ1v) is 7.95. The van der Waals surface area contributed by atoms with Gasteiger partial charge in [0.25, 0.3) is 0 Å². The van der Waals surface area contributed by atoms with E-state index in [-0.39, 0.29) is 5.91 Å². The second-order valence-corrected chi connectivity index (χ2v) is 7.27. The van der Waals surface area contributed by atoms with Gasteiger partial charge >= 0.3 is 0 Å². The monoisotopic (exact) mass is 288 g/mol. The number of nitrogens with one attached hydrogen (secondary N) is 1. The van der Waals surface area contributed by atoms with Gasteiger partial charge < -0.3 is 5.32 Å². The van der Waals surface area contributed by atoms with Crippen molar-refractivity contribution in [1.29, 1.82) is 0 Å². The van der Waals surface area contributed by atoms with Gasteiger partial charge in [-0.3, -0.25) is 4.79 Å². The number of carbonyl (C=O) groups excluding carboxylic acids is 1. The quantitative estimate of drug-likeness (QED) is 0.864. The van der Waals surface area contributed by atoms with Crippen LogP contribution in [-0.4, -0.2) is 16.7 Å². The van der Waals surface area contributed by atoms with E-state index in [0.717, 1.165) is 0 Å². The summed E-state index contributed by atoms with van der Waals surface area (Å²) < 4.78 is 16.2. The van der Waals surface area contributed by atoms with E-state index in [4.69, 9.17) is 10.7 Å². The third-order valence-corrected chi connectivity index (χ3v) is 4.19. The fourth-order valence-corrected chi connectivity index (χ4v) is 2.87. The van der Waals surface area contributed by atoms with E-state index in [2.05, 4.69) is 9.68 Å².